The molecule has 19 heteroatoms. The predicted octanol–water partition coefficient (Wildman–Crippen LogP) is 5.00. The van der Waals surface area contributed by atoms with Crippen LogP contribution in [0.5, 0.6) is 5.75 Å². The van der Waals surface area contributed by atoms with E-state index in [1.54, 1.807) is 23.5 Å². The summed E-state index contributed by atoms with van der Waals surface area (Å²) in [5.74, 6) is 0.324. The van der Waals surface area contributed by atoms with Crippen LogP contribution in [0.15, 0.2) is 72.5 Å². The zero-order valence-electron chi connectivity index (χ0n) is 42.2. The number of nitrogens with two attached hydrogens (primary N) is 1. The number of aliphatic hydroxyl groups is 1. The van der Waals surface area contributed by atoms with Crippen LogP contribution < -0.4 is 31.1 Å². The molecule has 2 bridgehead atoms. The summed E-state index contributed by atoms with van der Waals surface area (Å²) in [6.45, 7) is 13.6. The normalized spacial score (nSPS) is 25.1. The number of nitrogen functional groups attached to an aromatic ring is 1. The summed E-state index contributed by atoms with van der Waals surface area (Å²) in [6.07, 6.45) is 8.70. The minimum Gasteiger partial charge on any atom is -0.507 e. The molecule has 2 unspecified atom stereocenters. The summed E-state index contributed by atoms with van der Waals surface area (Å²) in [6, 6.07) is 16.3. The monoisotopic (exact) mass is 1010 g/mol. The molecule has 1 saturated carbocycles. The van der Waals surface area contributed by atoms with E-state index in [-0.39, 0.29) is 66.4 Å². The molecule has 5 aliphatic heterocycles. The van der Waals surface area contributed by atoms with Gasteiger partial charge in [-0.05, 0) is 80.2 Å². The van der Waals surface area contributed by atoms with Gasteiger partial charge in [0.2, 0.25) is 23.7 Å². The molecule has 11 rings (SSSR count). The van der Waals surface area contributed by atoms with Crippen LogP contribution in [0.4, 0.5) is 23.1 Å². The van der Waals surface area contributed by atoms with Crippen molar-refractivity contribution in [2.75, 3.05) is 66.2 Å². The molecule has 6 aliphatic rings. The molecule has 1 spiro atoms. The SMILES string of the molecule is Cc1ncsc1-c1ccc(CNC(=O)[C@@H]2C[C@@H](O)CN2C(=O)[C@@H](NC(=O)C2CCC(N3CC4(CN(c5cnc(N6C7CCC6CN(c6cc(-c8ccccc8O)nnc6N)C7)nc5)C4)C3)CC2)C(C)(C)C)cc1. The minimum atomic E-state index is -0.852. The first kappa shape index (κ1) is 48.8. The quantitative estimate of drug-likeness (QED) is 0.111. The molecule has 3 aromatic heterocycles. The third-order valence-electron chi connectivity index (χ3n) is 16.4. The highest BCUT2D eigenvalue weighted by atomic mass is 32.1. The molecule has 5 saturated heterocycles. The highest BCUT2D eigenvalue weighted by Gasteiger charge is 2.54. The number of benzene rings is 2. The summed E-state index contributed by atoms with van der Waals surface area (Å²) >= 11 is 1.59. The van der Waals surface area contributed by atoms with Crippen LogP contribution in [0.3, 0.4) is 0 Å². The van der Waals surface area contributed by atoms with Gasteiger partial charge < -0.3 is 46.2 Å². The van der Waals surface area contributed by atoms with Crippen molar-refractivity contribution >= 4 is 52.2 Å². The lowest BCUT2D eigenvalue weighted by molar-refractivity contribution is -0.145. The Hall–Kier alpha value is -6.44. The number of nitrogens with zero attached hydrogens (tertiary/aromatic N) is 10. The van der Waals surface area contributed by atoms with E-state index in [0.717, 1.165) is 117 Å². The second-order valence-corrected chi connectivity index (χ2v) is 23.5. The second kappa shape index (κ2) is 19.4. The number of phenols is 1. The third kappa shape index (κ3) is 9.66. The number of β-amino-alcohol motifs (C(OH)–C–C–N with tert-alkyl or cyclic N) is 1. The highest BCUT2D eigenvalue weighted by molar-refractivity contribution is 7.13. The number of phenolic OH excluding ortho intramolecular Hbond substituents is 1. The van der Waals surface area contributed by atoms with Crippen LogP contribution in [0, 0.1) is 23.7 Å². The molecular weight excluding hydrogens is 943 g/mol. The number of likely N-dealkylation sites (tertiary alicyclic amines) is 2. The standard InChI is InChI=1S/C54H67N13O5S/c1-32-46(73-31-59-32)34-11-9-33(10-12-34)21-56-50(71)44-19-40(68)26-66(44)51(72)47(53(2,3)4)60-49(70)35-13-15-36(16-14-35)64-27-54(28-64)29-65(30-54)39-22-57-52(58-23-39)67-37-17-18-38(67)25-63(24-37)43-20-42(61-62-48(43)55)41-7-5-6-8-45(41)69/h5-12,20,22-23,31,35-38,40,44,47,68-69H,13-19,21,24-30H2,1-4H3,(H2,55,62)(H,56,71)(H,60,70)/t35?,36?,37?,38?,40-,44+,47-/m1/s1. The molecule has 1 aliphatic carbocycles. The van der Waals surface area contributed by atoms with Crippen molar-refractivity contribution in [2.45, 2.75) is 115 Å². The predicted molar refractivity (Wildman–Crippen MR) is 281 cm³/mol. The Labute approximate surface area is 430 Å². The fourth-order valence-corrected chi connectivity index (χ4v) is 13.3. The lowest BCUT2D eigenvalue weighted by atomic mass is 9.70. The van der Waals surface area contributed by atoms with E-state index in [1.807, 2.05) is 88.1 Å². The van der Waals surface area contributed by atoms with Gasteiger partial charge in [-0.2, -0.15) is 0 Å². The maximum atomic E-state index is 14.3. The zero-order valence-corrected chi connectivity index (χ0v) is 43.0. The van der Waals surface area contributed by atoms with Crippen molar-refractivity contribution in [1.29, 1.82) is 0 Å². The van der Waals surface area contributed by atoms with Gasteiger partial charge in [-0.25, -0.2) is 15.0 Å². The van der Waals surface area contributed by atoms with Gasteiger partial charge in [-0.15, -0.1) is 21.5 Å². The largest absolute Gasteiger partial charge is 0.507 e. The van der Waals surface area contributed by atoms with Gasteiger partial charge in [0.15, 0.2) is 5.82 Å². The molecule has 6 fully saturated rings. The number of hydrogen-bond donors (Lipinski definition) is 5. The number of aromatic nitrogens is 5. The van der Waals surface area contributed by atoms with Crippen LogP contribution in [0.25, 0.3) is 21.7 Å². The van der Waals surface area contributed by atoms with Crippen LogP contribution in [-0.2, 0) is 20.9 Å². The van der Waals surface area contributed by atoms with Crippen molar-refractivity contribution in [3.63, 3.8) is 0 Å². The number of carbonyl (C=O) groups is 3. The van der Waals surface area contributed by atoms with E-state index in [4.69, 9.17) is 15.7 Å². The number of nitrogens with one attached hydrogen (secondary N) is 2. The Morgan fingerprint density at radius 1 is 0.849 bits per heavy atom. The molecule has 8 heterocycles. The molecule has 5 aromatic rings. The Morgan fingerprint density at radius 2 is 1.53 bits per heavy atom. The number of amides is 3. The Bertz CT molecular complexity index is 2820. The van der Waals surface area contributed by atoms with Crippen molar-refractivity contribution < 1.29 is 24.6 Å². The summed E-state index contributed by atoms with van der Waals surface area (Å²) in [5.41, 5.74) is 13.9. The van der Waals surface area contributed by atoms with Crippen LogP contribution >= 0.6 is 11.3 Å². The Kier molecular flexibility index (Phi) is 13.0. The second-order valence-electron chi connectivity index (χ2n) is 22.6. The van der Waals surface area contributed by atoms with Gasteiger partial charge in [0.1, 0.15) is 17.8 Å². The van der Waals surface area contributed by atoms with Crippen molar-refractivity contribution in [3.8, 4) is 27.4 Å². The van der Waals surface area contributed by atoms with Gasteiger partial charge in [0.05, 0.1) is 51.6 Å². The number of anilines is 4. The van der Waals surface area contributed by atoms with Crippen LogP contribution in [0.2, 0.25) is 0 Å². The lowest BCUT2D eigenvalue weighted by Crippen LogP contribution is -2.73. The number of piperazine rings is 1. The summed E-state index contributed by atoms with van der Waals surface area (Å²) in [5, 5.41) is 35.8. The Balaban J connectivity index is 0.631. The lowest BCUT2D eigenvalue weighted by Gasteiger charge is -2.63. The van der Waals surface area contributed by atoms with Gasteiger partial charge in [-0.1, -0.05) is 57.2 Å². The smallest absolute Gasteiger partial charge is 0.246 e. The van der Waals surface area contributed by atoms with Gasteiger partial charge in [0, 0.05) is 93.8 Å². The van der Waals surface area contributed by atoms with Gasteiger partial charge in [0.25, 0.3) is 0 Å². The van der Waals surface area contributed by atoms with Crippen molar-refractivity contribution in [1.82, 2.24) is 45.6 Å². The number of aromatic hydroxyl groups is 1. The van der Waals surface area contributed by atoms with E-state index in [0.29, 0.717) is 23.1 Å². The number of para-hydroxylation sites is 1. The van der Waals surface area contributed by atoms with E-state index in [9.17, 15) is 24.6 Å². The Morgan fingerprint density at radius 3 is 2.19 bits per heavy atom. The number of carbonyl (C=O) groups excluding carboxylic acids is 3. The molecule has 0 radical (unpaired) electrons. The van der Waals surface area contributed by atoms with Crippen molar-refractivity contribution in [2.24, 2.45) is 16.7 Å². The minimum absolute atomic E-state index is 0.0389. The topological polar surface area (TPSA) is 222 Å². The first-order valence-electron chi connectivity index (χ1n) is 25.9. The average molecular weight is 1010 g/mol. The number of aliphatic hydroxyl groups excluding tert-OH is 1. The first-order valence-corrected chi connectivity index (χ1v) is 26.8. The highest BCUT2D eigenvalue weighted by Crippen LogP contribution is 2.45. The zero-order chi connectivity index (χ0) is 50.8. The first-order chi connectivity index (χ1) is 35.1. The molecule has 5 atom stereocenters. The van der Waals surface area contributed by atoms with E-state index >= 15 is 0 Å². The van der Waals surface area contributed by atoms with Gasteiger partial charge in [-0.3, -0.25) is 19.3 Å². The maximum Gasteiger partial charge on any atom is 0.246 e. The molecule has 73 heavy (non-hydrogen) atoms. The number of aryl methyl sites for hydroxylation is 1. The molecular formula is C54H67N13O5S. The summed E-state index contributed by atoms with van der Waals surface area (Å²) < 4.78 is 0. The van der Waals surface area contributed by atoms with Gasteiger partial charge >= 0.3 is 0 Å². The number of thiazole rings is 1. The summed E-state index contributed by atoms with van der Waals surface area (Å²) in [4.78, 5) is 68.3. The fourth-order valence-electron chi connectivity index (χ4n) is 12.5. The molecule has 2 aromatic carbocycles. The van der Waals surface area contributed by atoms with E-state index in [1.165, 1.54) is 4.90 Å². The summed E-state index contributed by atoms with van der Waals surface area (Å²) in [7, 11) is 0. The maximum absolute atomic E-state index is 14.3. The van der Waals surface area contributed by atoms with E-state index in [2.05, 4.69) is 45.4 Å². The third-order valence-corrected chi connectivity index (χ3v) is 17.4. The van der Waals surface area contributed by atoms with Crippen LogP contribution in [-0.4, -0.2) is 145 Å². The van der Waals surface area contributed by atoms with E-state index < -0.39 is 23.6 Å². The fraction of sp³-hybridized carbons (Fsp3) is 0.519. The molecule has 6 N–H and O–H groups in total. The average Bonchev–Trinajstić information content (AvgIpc) is 4.05. The molecule has 384 valence electrons. The number of fused-ring (bicyclic) bond motifs is 2. The number of rotatable bonds is 12. The molecule has 18 nitrogen and oxygen atoms in total. The molecule has 3 amide bonds. The van der Waals surface area contributed by atoms with Crippen LogP contribution in [0.1, 0.15) is 77.0 Å². The number of hydrogen-bond acceptors (Lipinski definition) is 16. The van der Waals surface area contributed by atoms with Crippen molar-refractivity contribution in [3.05, 3.63) is 83.8 Å².